The first-order valence-corrected chi connectivity index (χ1v) is 10.8. The Kier molecular flexibility index (Phi) is 6.92. The van der Waals surface area contributed by atoms with Crippen molar-refractivity contribution in [3.05, 3.63) is 29.8 Å². The second-order valence-electron chi connectivity index (χ2n) is 7.07. The molecule has 2 aliphatic rings. The molecule has 0 spiro atoms. The van der Waals surface area contributed by atoms with Gasteiger partial charge in [0, 0.05) is 19.5 Å². The second-order valence-corrected chi connectivity index (χ2v) is 8.91. The van der Waals surface area contributed by atoms with Crippen LogP contribution in [0.1, 0.15) is 37.6 Å². The maximum Gasteiger partial charge on any atom is 0.338 e. The van der Waals surface area contributed by atoms with Gasteiger partial charge in [-0.25, -0.2) is 9.69 Å². The molecule has 0 radical (unpaired) electrons. The highest BCUT2D eigenvalue weighted by molar-refractivity contribution is 8.23. The fraction of sp³-hybridized carbons (Fsp3) is 0.500. The zero-order chi connectivity index (χ0) is 21.1. The van der Waals surface area contributed by atoms with Crippen molar-refractivity contribution in [3.8, 4) is 0 Å². The number of thioether (sulfide) groups is 1. The minimum Gasteiger partial charge on any atom is -0.462 e. The number of hydrogen-bond donors (Lipinski definition) is 0. The lowest BCUT2D eigenvalue weighted by Gasteiger charge is -2.36. The van der Waals surface area contributed by atoms with E-state index in [0.29, 0.717) is 28.7 Å². The minimum atomic E-state index is -0.548. The molecule has 0 unspecified atom stereocenters. The van der Waals surface area contributed by atoms with Crippen molar-refractivity contribution in [2.75, 3.05) is 24.6 Å². The Morgan fingerprint density at radius 2 is 1.83 bits per heavy atom. The van der Waals surface area contributed by atoms with Crippen molar-refractivity contribution in [2.24, 2.45) is 0 Å². The fourth-order valence-corrected chi connectivity index (χ4v) is 4.92. The third kappa shape index (κ3) is 4.96. The third-order valence-corrected chi connectivity index (χ3v) is 6.32. The molecular weight excluding hydrogens is 412 g/mol. The standard InChI is InChI=1S/C20H24N2O5S2/c1-4-26-19(25)14-5-7-15(8-6-14)22-17(23)9-16(18(22)24)29-20(28)21-10-12(2)27-13(3)11-21/h5-8,12-13,16H,4,9-11H2,1-3H3/t12-,13-,16+/m1/s1. The summed E-state index contributed by atoms with van der Waals surface area (Å²) in [6.07, 6.45) is 0.221. The lowest BCUT2D eigenvalue weighted by Crippen LogP contribution is -2.47. The van der Waals surface area contributed by atoms with E-state index in [1.165, 1.54) is 16.7 Å². The summed E-state index contributed by atoms with van der Waals surface area (Å²) in [7, 11) is 0. The average Bonchev–Trinajstić information content (AvgIpc) is 2.94. The molecule has 9 heteroatoms. The highest BCUT2D eigenvalue weighted by Gasteiger charge is 2.41. The Labute approximate surface area is 179 Å². The molecule has 156 valence electrons. The number of benzene rings is 1. The van der Waals surface area contributed by atoms with Crippen LogP contribution in [-0.4, -0.2) is 64.2 Å². The lowest BCUT2D eigenvalue weighted by molar-refractivity contribution is -0.121. The summed E-state index contributed by atoms with van der Waals surface area (Å²) in [6.45, 7) is 7.33. The molecular formula is C20H24N2O5S2. The summed E-state index contributed by atoms with van der Waals surface area (Å²) in [5.74, 6) is -1.01. The lowest BCUT2D eigenvalue weighted by atomic mass is 10.2. The van der Waals surface area contributed by atoms with Gasteiger partial charge < -0.3 is 14.4 Å². The summed E-state index contributed by atoms with van der Waals surface area (Å²) in [5.41, 5.74) is 0.813. The topological polar surface area (TPSA) is 76.2 Å². The highest BCUT2D eigenvalue weighted by Crippen LogP contribution is 2.32. The van der Waals surface area contributed by atoms with Gasteiger partial charge in [-0.1, -0.05) is 24.0 Å². The van der Waals surface area contributed by atoms with Crippen LogP contribution in [0.3, 0.4) is 0 Å². The van der Waals surface area contributed by atoms with Crippen LogP contribution in [0.4, 0.5) is 5.69 Å². The molecule has 0 aliphatic carbocycles. The van der Waals surface area contributed by atoms with Gasteiger partial charge in [0.2, 0.25) is 11.8 Å². The molecule has 0 N–H and O–H groups in total. The van der Waals surface area contributed by atoms with Crippen molar-refractivity contribution in [1.29, 1.82) is 0 Å². The van der Waals surface area contributed by atoms with E-state index in [4.69, 9.17) is 21.7 Å². The quantitative estimate of drug-likeness (QED) is 0.405. The average molecular weight is 437 g/mol. The highest BCUT2D eigenvalue weighted by atomic mass is 32.2. The normalized spacial score (nSPS) is 24.7. The van der Waals surface area contributed by atoms with Crippen LogP contribution >= 0.6 is 24.0 Å². The van der Waals surface area contributed by atoms with E-state index in [9.17, 15) is 14.4 Å². The molecule has 1 aromatic rings. The Hall–Kier alpha value is -1.97. The third-order valence-electron chi connectivity index (χ3n) is 4.66. The molecule has 7 nitrogen and oxygen atoms in total. The van der Waals surface area contributed by atoms with E-state index >= 15 is 0 Å². The van der Waals surface area contributed by atoms with Gasteiger partial charge in [0.1, 0.15) is 9.57 Å². The van der Waals surface area contributed by atoms with Crippen LogP contribution in [0.5, 0.6) is 0 Å². The summed E-state index contributed by atoms with van der Waals surface area (Å²) < 4.78 is 11.3. The van der Waals surface area contributed by atoms with Gasteiger partial charge in [-0.05, 0) is 45.0 Å². The van der Waals surface area contributed by atoms with Crippen molar-refractivity contribution < 1.29 is 23.9 Å². The van der Waals surface area contributed by atoms with Crippen LogP contribution in [-0.2, 0) is 19.1 Å². The number of amides is 2. The molecule has 2 fully saturated rings. The fourth-order valence-electron chi connectivity index (χ4n) is 3.45. The van der Waals surface area contributed by atoms with E-state index in [2.05, 4.69) is 0 Å². The Bertz CT molecular complexity index is 804. The number of anilines is 1. The van der Waals surface area contributed by atoms with Gasteiger partial charge in [-0.2, -0.15) is 0 Å². The molecule has 2 amide bonds. The zero-order valence-electron chi connectivity index (χ0n) is 16.6. The van der Waals surface area contributed by atoms with Crippen molar-refractivity contribution in [1.82, 2.24) is 4.90 Å². The number of nitrogens with zero attached hydrogens (tertiary/aromatic N) is 2. The SMILES string of the molecule is CCOC(=O)c1ccc(N2C(=O)C[C@H](SC(=S)N3C[C@@H](C)O[C@H](C)C3)C2=O)cc1. The van der Waals surface area contributed by atoms with Crippen LogP contribution in [0.2, 0.25) is 0 Å². The summed E-state index contributed by atoms with van der Waals surface area (Å²) in [4.78, 5) is 40.4. The number of rotatable bonds is 4. The molecule has 2 saturated heterocycles. The van der Waals surface area contributed by atoms with Crippen LogP contribution in [0.25, 0.3) is 0 Å². The molecule has 29 heavy (non-hydrogen) atoms. The summed E-state index contributed by atoms with van der Waals surface area (Å²) >= 11 is 6.79. The molecule has 0 bridgehead atoms. The zero-order valence-corrected chi connectivity index (χ0v) is 18.3. The smallest absolute Gasteiger partial charge is 0.338 e. The van der Waals surface area contributed by atoms with E-state index in [0.717, 1.165) is 0 Å². The van der Waals surface area contributed by atoms with Gasteiger partial charge in [-0.15, -0.1) is 0 Å². The molecule has 0 aromatic heterocycles. The largest absolute Gasteiger partial charge is 0.462 e. The monoisotopic (exact) mass is 436 g/mol. The number of morpholine rings is 1. The first-order valence-electron chi connectivity index (χ1n) is 9.55. The van der Waals surface area contributed by atoms with Crippen LogP contribution < -0.4 is 4.90 Å². The molecule has 3 rings (SSSR count). The summed E-state index contributed by atoms with van der Waals surface area (Å²) in [5, 5.41) is -0.548. The van der Waals surface area contributed by atoms with Gasteiger partial charge in [0.25, 0.3) is 0 Å². The van der Waals surface area contributed by atoms with Crippen molar-refractivity contribution >= 4 is 51.8 Å². The minimum absolute atomic E-state index is 0.0626. The summed E-state index contributed by atoms with van der Waals surface area (Å²) in [6, 6.07) is 6.27. The number of imide groups is 1. The van der Waals surface area contributed by atoms with Gasteiger partial charge in [0.15, 0.2) is 0 Å². The predicted octanol–water partition coefficient (Wildman–Crippen LogP) is 2.62. The number of ether oxygens (including phenoxy) is 2. The van der Waals surface area contributed by atoms with E-state index < -0.39 is 11.2 Å². The molecule has 2 heterocycles. The van der Waals surface area contributed by atoms with E-state index in [1.807, 2.05) is 18.7 Å². The number of carbonyl (C=O) groups is 3. The molecule has 3 atom stereocenters. The number of hydrogen-bond acceptors (Lipinski definition) is 7. The van der Waals surface area contributed by atoms with Gasteiger partial charge >= 0.3 is 5.97 Å². The first kappa shape index (κ1) is 21.7. The maximum absolute atomic E-state index is 12.9. The Morgan fingerprint density at radius 3 is 2.41 bits per heavy atom. The Morgan fingerprint density at radius 1 is 1.21 bits per heavy atom. The molecule has 0 saturated carbocycles. The first-order chi connectivity index (χ1) is 13.8. The van der Waals surface area contributed by atoms with Crippen LogP contribution in [0, 0.1) is 0 Å². The number of thiocarbonyl (C=S) groups is 1. The van der Waals surface area contributed by atoms with E-state index in [1.54, 1.807) is 31.2 Å². The predicted molar refractivity (Wildman–Crippen MR) is 115 cm³/mol. The second kappa shape index (κ2) is 9.23. The van der Waals surface area contributed by atoms with Crippen molar-refractivity contribution in [3.63, 3.8) is 0 Å². The number of esters is 1. The van der Waals surface area contributed by atoms with E-state index in [-0.39, 0.29) is 37.0 Å². The maximum atomic E-state index is 12.9. The number of carbonyl (C=O) groups excluding carboxylic acids is 3. The van der Waals surface area contributed by atoms with Crippen LogP contribution in [0.15, 0.2) is 24.3 Å². The Balaban J connectivity index is 1.66. The van der Waals surface area contributed by atoms with Crippen molar-refractivity contribution in [2.45, 2.75) is 44.6 Å². The molecule has 1 aromatic carbocycles. The van der Waals surface area contributed by atoms with Gasteiger partial charge in [0.05, 0.1) is 30.1 Å². The van der Waals surface area contributed by atoms with Gasteiger partial charge in [-0.3, -0.25) is 9.59 Å². The molecule has 2 aliphatic heterocycles.